The normalized spacial score (nSPS) is 11.9. The van der Waals surface area contributed by atoms with Crippen molar-refractivity contribution in [2.75, 3.05) is 31.2 Å². The van der Waals surface area contributed by atoms with Crippen LogP contribution in [-0.4, -0.2) is 46.3 Å². The molecule has 4 rings (SSSR count). The van der Waals surface area contributed by atoms with E-state index in [-0.39, 0.29) is 13.2 Å². The molecule has 0 amide bonds. The van der Waals surface area contributed by atoms with Gasteiger partial charge in [-0.1, -0.05) is 0 Å². The Bertz CT molecular complexity index is 1160. The average molecular weight is 412 g/mol. The van der Waals surface area contributed by atoms with Crippen LogP contribution in [0.5, 0.6) is 0 Å². The van der Waals surface area contributed by atoms with Crippen molar-refractivity contribution in [2.24, 2.45) is 24.3 Å². The lowest BCUT2D eigenvalue weighted by Gasteiger charge is -2.22. The molecule has 0 saturated carbocycles. The second-order valence-electron chi connectivity index (χ2n) is 6.74. The minimum Gasteiger partial charge on any atom is -0.395 e. The van der Waals surface area contributed by atoms with Crippen molar-refractivity contribution in [2.45, 2.75) is 0 Å². The zero-order valence-electron chi connectivity index (χ0n) is 16.4. The summed E-state index contributed by atoms with van der Waals surface area (Å²) in [5.74, 6) is 0. The maximum Gasteiger partial charge on any atom is 0.409 e. The van der Waals surface area contributed by atoms with E-state index in [9.17, 15) is 10.2 Å². The van der Waals surface area contributed by atoms with E-state index in [0.29, 0.717) is 13.1 Å². The SMILES string of the molecule is Cn1ncc2cc3sc(N=Nc4ccc(N(CCO)CCO)cc4)[n+](C)c3cc21. The molecule has 0 unspecified atom stereocenters. The Morgan fingerprint density at radius 2 is 1.83 bits per heavy atom. The fourth-order valence-corrected chi connectivity index (χ4v) is 4.31. The molecule has 0 aliphatic rings. The van der Waals surface area contributed by atoms with Crippen molar-refractivity contribution in [3.8, 4) is 0 Å². The van der Waals surface area contributed by atoms with Crippen LogP contribution in [0.2, 0.25) is 0 Å². The van der Waals surface area contributed by atoms with E-state index in [0.717, 1.165) is 37.6 Å². The van der Waals surface area contributed by atoms with Gasteiger partial charge in [0.1, 0.15) is 11.2 Å². The Morgan fingerprint density at radius 1 is 1.10 bits per heavy atom. The summed E-state index contributed by atoms with van der Waals surface area (Å²) in [5.41, 5.74) is 3.85. The third kappa shape index (κ3) is 3.84. The number of hydrogen-bond donors (Lipinski definition) is 2. The summed E-state index contributed by atoms with van der Waals surface area (Å²) in [4.78, 5) is 1.92. The lowest BCUT2D eigenvalue weighted by Crippen LogP contribution is -2.29. The second-order valence-corrected chi connectivity index (χ2v) is 7.75. The zero-order chi connectivity index (χ0) is 20.4. The van der Waals surface area contributed by atoms with Gasteiger partial charge in [0.05, 0.1) is 41.8 Å². The number of aliphatic hydroxyl groups excluding tert-OH is 2. The molecule has 0 spiro atoms. The average Bonchev–Trinajstić information content (AvgIpc) is 3.25. The van der Waals surface area contributed by atoms with Crippen LogP contribution in [0, 0.1) is 0 Å². The van der Waals surface area contributed by atoms with Crippen LogP contribution < -0.4 is 9.47 Å². The molecule has 0 aliphatic heterocycles. The number of anilines is 1. The molecule has 0 atom stereocenters. The quantitative estimate of drug-likeness (QED) is 0.361. The highest BCUT2D eigenvalue weighted by molar-refractivity contribution is 7.21. The fraction of sp³-hybridized carbons (Fsp3) is 0.300. The first kappa shape index (κ1) is 19.4. The molecule has 0 bridgehead atoms. The Kier molecular flexibility index (Phi) is 5.52. The number of aromatic nitrogens is 3. The monoisotopic (exact) mass is 411 g/mol. The summed E-state index contributed by atoms with van der Waals surface area (Å²) in [6, 6.07) is 11.9. The van der Waals surface area contributed by atoms with E-state index in [1.807, 2.05) is 58.7 Å². The predicted molar refractivity (Wildman–Crippen MR) is 114 cm³/mol. The second kappa shape index (κ2) is 8.24. The van der Waals surface area contributed by atoms with Crippen LogP contribution in [-0.2, 0) is 14.1 Å². The van der Waals surface area contributed by atoms with Gasteiger partial charge in [-0.05, 0) is 46.8 Å². The maximum absolute atomic E-state index is 9.18. The van der Waals surface area contributed by atoms with Gasteiger partial charge in [-0.3, -0.25) is 4.68 Å². The summed E-state index contributed by atoms with van der Waals surface area (Å²) >= 11 is 1.59. The topological polar surface area (TPSA) is 90.1 Å². The van der Waals surface area contributed by atoms with Gasteiger partial charge >= 0.3 is 5.13 Å². The number of thiazole rings is 1. The van der Waals surface area contributed by atoms with Crippen LogP contribution in [0.25, 0.3) is 21.1 Å². The largest absolute Gasteiger partial charge is 0.409 e. The maximum atomic E-state index is 9.18. The number of benzene rings is 2. The molecule has 9 heteroatoms. The number of nitrogens with zero attached hydrogens (tertiary/aromatic N) is 6. The van der Waals surface area contributed by atoms with E-state index < -0.39 is 0 Å². The number of hydrogen-bond acceptors (Lipinski definition) is 7. The minimum atomic E-state index is 0.0367. The lowest BCUT2D eigenvalue weighted by atomic mass is 10.2. The van der Waals surface area contributed by atoms with E-state index in [1.165, 1.54) is 0 Å². The summed E-state index contributed by atoms with van der Waals surface area (Å²) in [7, 11) is 3.92. The number of aryl methyl sites for hydroxylation is 2. The molecule has 8 nitrogen and oxygen atoms in total. The Morgan fingerprint density at radius 3 is 2.52 bits per heavy atom. The van der Waals surface area contributed by atoms with Crippen molar-refractivity contribution < 1.29 is 14.8 Å². The molecule has 2 aromatic carbocycles. The highest BCUT2D eigenvalue weighted by Gasteiger charge is 2.18. The smallest absolute Gasteiger partial charge is 0.395 e. The van der Waals surface area contributed by atoms with Gasteiger partial charge < -0.3 is 15.1 Å². The van der Waals surface area contributed by atoms with Gasteiger partial charge in [-0.25, -0.2) is 4.57 Å². The highest BCUT2D eigenvalue weighted by atomic mass is 32.1. The Balaban J connectivity index is 1.59. The summed E-state index contributed by atoms with van der Waals surface area (Å²) in [5, 5.41) is 33.4. The number of azo groups is 1. The van der Waals surface area contributed by atoms with Crippen molar-refractivity contribution in [1.29, 1.82) is 0 Å². The van der Waals surface area contributed by atoms with E-state index in [2.05, 4.69) is 27.5 Å². The standard InChI is InChI=1S/C20H23N6O2S/c1-24-18-12-17-14(13-21-25(17)2)11-19(18)29-20(24)23-22-15-3-5-16(6-4-15)26(7-9-27)8-10-28/h3-6,11-13,27-28H,7-10H2,1-2H3/q+1. The molecule has 2 aromatic heterocycles. The van der Waals surface area contributed by atoms with Gasteiger partial charge in [0.25, 0.3) is 0 Å². The van der Waals surface area contributed by atoms with E-state index in [1.54, 1.807) is 11.3 Å². The van der Waals surface area contributed by atoms with Crippen molar-refractivity contribution in [3.63, 3.8) is 0 Å². The first-order valence-corrected chi connectivity index (χ1v) is 10.1. The number of aliphatic hydroxyl groups is 2. The third-order valence-electron chi connectivity index (χ3n) is 4.88. The lowest BCUT2D eigenvalue weighted by molar-refractivity contribution is -0.627. The molecule has 0 radical (unpaired) electrons. The van der Waals surface area contributed by atoms with Crippen molar-refractivity contribution in [1.82, 2.24) is 9.78 Å². The third-order valence-corrected chi connectivity index (χ3v) is 5.97. The molecule has 0 fully saturated rings. The molecule has 2 heterocycles. The van der Waals surface area contributed by atoms with Gasteiger partial charge in [-0.2, -0.15) is 5.10 Å². The Labute approximate surface area is 172 Å². The first-order chi connectivity index (χ1) is 14.1. The van der Waals surface area contributed by atoms with Gasteiger partial charge in [-0.15, -0.1) is 0 Å². The van der Waals surface area contributed by atoms with Crippen LogP contribution in [0.3, 0.4) is 0 Å². The number of rotatable bonds is 7. The highest BCUT2D eigenvalue weighted by Crippen LogP contribution is 2.30. The molecule has 2 N–H and O–H groups in total. The van der Waals surface area contributed by atoms with Gasteiger partial charge in [0.15, 0.2) is 0 Å². The summed E-state index contributed by atoms with van der Waals surface area (Å²) in [6.07, 6.45) is 1.87. The van der Waals surface area contributed by atoms with Crippen LogP contribution in [0.15, 0.2) is 52.8 Å². The van der Waals surface area contributed by atoms with Crippen molar-refractivity contribution in [3.05, 3.63) is 42.6 Å². The molecule has 4 aromatic rings. The fourth-order valence-electron chi connectivity index (χ4n) is 3.31. The molecule has 150 valence electrons. The molecule has 0 aliphatic carbocycles. The van der Waals surface area contributed by atoms with E-state index in [4.69, 9.17) is 0 Å². The molecular formula is C20H23N6O2S+. The molecule has 0 saturated heterocycles. The predicted octanol–water partition coefficient (Wildman–Crippen LogP) is 2.82. The van der Waals surface area contributed by atoms with Gasteiger partial charge in [0.2, 0.25) is 0 Å². The van der Waals surface area contributed by atoms with Crippen LogP contribution >= 0.6 is 11.3 Å². The van der Waals surface area contributed by atoms with E-state index >= 15 is 0 Å². The molecule has 29 heavy (non-hydrogen) atoms. The van der Waals surface area contributed by atoms with Gasteiger partial charge in [0, 0.05) is 37.3 Å². The minimum absolute atomic E-state index is 0.0367. The van der Waals surface area contributed by atoms with Crippen molar-refractivity contribution >= 4 is 49.0 Å². The summed E-state index contributed by atoms with van der Waals surface area (Å²) in [6.45, 7) is 1.02. The molecular weight excluding hydrogens is 388 g/mol. The van der Waals surface area contributed by atoms with Crippen LogP contribution in [0.1, 0.15) is 0 Å². The summed E-state index contributed by atoms with van der Waals surface area (Å²) < 4.78 is 5.04. The first-order valence-electron chi connectivity index (χ1n) is 9.33. The number of fused-ring (bicyclic) bond motifs is 2. The Hall–Kier alpha value is -2.88. The zero-order valence-corrected chi connectivity index (χ0v) is 17.2. The van der Waals surface area contributed by atoms with Crippen LogP contribution in [0.4, 0.5) is 16.5 Å².